The van der Waals surface area contributed by atoms with Crippen LogP contribution in [0.5, 0.6) is 0 Å². The Morgan fingerprint density at radius 3 is 2.71 bits per heavy atom. The summed E-state index contributed by atoms with van der Waals surface area (Å²) in [6.07, 6.45) is 2.46. The molecule has 0 bridgehead atoms. The van der Waals surface area contributed by atoms with Crippen molar-refractivity contribution in [2.45, 2.75) is 45.6 Å². The average molecular weight is 254 g/mol. The van der Waals surface area contributed by atoms with E-state index in [1.807, 2.05) is 13.8 Å². The molecular weight excluding hydrogens is 232 g/mol. The van der Waals surface area contributed by atoms with E-state index in [1.54, 1.807) is 11.3 Å². The van der Waals surface area contributed by atoms with Crippen LogP contribution < -0.4 is 11.1 Å². The van der Waals surface area contributed by atoms with Gasteiger partial charge in [0.05, 0.1) is 0 Å². The number of aryl methyl sites for hydroxylation is 2. The molecule has 0 fully saturated rings. The first-order valence-corrected chi connectivity index (χ1v) is 6.79. The molecule has 0 spiro atoms. The van der Waals surface area contributed by atoms with Crippen molar-refractivity contribution >= 4 is 17.2 Å². The molecule has 0 unspecified atom stereocenters. The number of amides is 1. The fourth-order valence-electron chi connectivity index (χ4n) is 1.46. The van der Waals surface area contributed by atoms with E-state index in [0.29, 0.717) is 13.0 Å². The second-order valence-electron chi connectivity index (χ2n) is 5.13. The lowest BCUT2D eigenvalue weighted by atomic mass is 10.1. The summed E-state index contributed by atoms with van der Waals surface area (Å²) < 4.78 is 0. The predicted octanol–water partition coefficient (Wildman–Crippen LogP) is 2.23. The molecule has 0 radical (unpaired) electrons. The van der Waals surface area contributed by atoms with Gasteiger partial charge < -0.3 is 11.1 Å². The summed E-state index contributed by atoms with van der Waals surface area (Å²) in [5.41, 5.74) is 5.46. The van der Waals surface area contributed by atoms with Crippen LogP contribution in [-0.4, -0.2) is 18.0 Å². The monoisotopic (exact) mass is 254 g/mol. The van der Waals surface area contributed by atoms with Crippen molar-refractivity contribution in [3.63, 3.8) is 0 Å². The van der Waals surface area contributed by atoms with Gasteiger partial charge in [-0.1, -0.05) is 0 Å². The second-order valence-corrected chi connectivity index (χ2v) is 6.50. The molecule has 3 nitrogen and oxygen atoms in total. The van der Waals surface area contributed by atoms with Crippen LogP contribution in [0.2, 0.25) is 0 Å². The molecule has 0 aromatic carbocycles. The Hall–Kier alpha value is -0.870. The van der Waals surface area contributed by atoms with Crippen LogP contribution in [0.1, 0.15) is 36.4 Å². The highest BCUT2D eigenvalue weighted by Gasteiger charge is 2.11. The largest absolute Gasteiger partial charge is 0.354 e. The van der Waals surface area contributed by atoms with Gasteiger partial charge >= 0.3 is 0 Å². The van der Waals surface area contributed by atoms with Crippen molar-refractivity contribution in [3.05, 3.63) is 21.9 Å². The number of nitrogens with two attached hydrogens (primary N) is 1. The predicted molar refractivity (Wildman–Crippen MR) is 73.3 cm³/mol. The lowest BCUT2D eigenvalue weighted by Gasteiger charge is -2.18. The van der Waals surface area contributed by atoms with Gasteiger partial charge in [0.1, 0.15) is 0 Å². The van der Waals surface area contributed by atoms with Crippen LogP contribution in [0.4, 0.5) is 0 Å². The smallest absolute Gasteiger partial charge is 0.220 e. The number of carbonyl (C=O) groups is 1. The van der Waals surface area contributed by atoms with E-state index in [2.05, 4.69) is 24.4 Å². The SMILES string of the molecule is Cc1ccc(CCCC(=O)NCC(C)(C)N)s1. The van der Waals surface area contributed by atoms with Gasteiger partial charge in [-0.3, -0.25) is 4.79 Å². The molecule has 0 aliphatic rings. The van der Waals surface area contributed by atoms with Gasteiger partial charge in [-0.05, 0) is 45.7 Å². The number of rotatable bonds is 6. The van der Waals surface area contributed by atoms with E-state index in [9.17, 15) is 4.79 Å². The molecule has 96 valence electrons. The van der Waals surface area contributed by atoms with Crippen molar-refractivity contribution < 1.29 is 4.79 Å². The summed E-state index contributed by atoms with van der Waals surface area (Å²) in [7, 11) is 0. The third kappa shape index (κ3) is 6.44. The van der Waals surface area contributed by atoms with Crippen LogP contribution in [0.15, 0.2) is 12.1 Å². The van der Waals surface area contributed by atoms with E-state index >= 15 is 0 Å². The maximum Gasteiger partial charge on any atom is 0.220 e. The average Bonchev–Trinajstić information content (AvgIpc) is 2.60. The normalized spacial score (nSPS) is 11.5. The van der Waals surface area contributed by atoms with Crippen molar-refractivity contribution in [2.75, 3.05) is 6.54 Å². The highest BCUT2D eigenvalue weighted by atomic mass is 32.1. The molecule has 1 amide bonds. The van der Waals surface area contributed by atoms with E-state index in [0.717, 1.165) is 12.8 Å². The quantitative estimate of drug-likeness (QED) is 0.818. The van der Waals surface area contributed by atoms with Gasteiger partial charge in [0.25, 0.3) is 0 Å². The molecule has 0 aliphatic carbocycles. The Morgan fingerprint density at radius 2 is 2.18 bits per heavy atom. The number of carbonyl (C=O) groups excluding carboxylic acids is 1. The Kier molecular flexibility index (Phi) is 5.15. The zero-order valence-corrected chi connectivity index (χ0v) is 11.7. The second kappa shape index (κ2) is 6.17. The van der Waals surface area contributed by atoms with Crippen molar-refractivity contribution in [2.24, 2.45) is 5.73 Å². The summed E-state index contributed by atoms with van der Waals surface area (Å²) in [6.45, 7) is 6.44. The third-order valence-corrected chi connectivity index (χ3v) is 3.42. The zero-order valence-electron chi connectivity index (χ0n) is 10.9. The van der Waals surface area contributed by atoms with Gasteiger partial charge in [0, 0.05) is 28.3 Å². The fraction of sp³-hybridized carbons (Fsp3) is 0.615. The molecule has 0 atom stereocenters. The van der Waals surface area contributed by atoms with Gasteiger partial charge in [0.2, 0.25) is 5.91 Å². The summed E-state index contributed by atoms with van der Waals surface area (Å²) in [5.74, 6) is 0.0943. The Labute approximate surface area is 107 Å². The van der Waals surface area contributed by atoms with Gasteiger partial charge in [-0.25, -0.2) is 0 Å². The number of hydrogen-bond acceptors (Lipinski definition) is 3. The van der Waals surface area contributed by atoms with E-state index in [1.165, 1.54) is 9.75 Å². The summed E-state index contributed by atoms with van der Waals surface area (Å²) in [6, 6.07) is 4.26. The summed E-state index contributed by atoms with van der Waals surface area (Å²) >= 11 is 1.81. The Balaban J connectivity index is 2.16. The standard InChI is InChI=1S/C13H22N2OS/c1-10-7-8-11(17-10)5-4-6-12(16)15-9-13(2,3)14/h7-8H,4-6,9,14H2,1-3H3,(H,15,16). The van der Waals surface area contributed by atoms with E-state index in [4.69, 9.17) is 5.73 Å². The lowest BCUT2D eigenvalue weighted by Crippen LogP contribution is -2.45. The first-order chi connectivity index (χ1) is 7.87. The molecule has 1 aromatic heterocycles. The lowest BCUT2D eigenvalue weighted by molar-refractivity contribution is -0.121. The molecule has 1 rings (SSSR count). The van der Waals surface area contributed by atoms with E-state index < -0.39 is 0 Å². The number of nitrogens with one attached hydrogen (secondary N) is 1. The molecule has 17 heavy (non-hydrogen) atoms. The Bertz CT molecular complexity index is 366. The zero-order chi connectivity index (χ0) is 12.9. The van der Waals surface area contributed by atoms with Gasteiger partial charge in [-0.2, -0.15) is 0 Å². The highest BCUT2D eigenvalue weighted by molar-refractivity contribution is 7.11. The first-order valence-electron chi connectivity index (χ1n) is 5.98. The van der Waals surface area contributed by atoms with Crippen molar-refractivity contribution in [3.8, 4) is 0 Å². The van der Waals surface area contributed by atoms with Crippen LogP contribution in [0, 0.1) is 6.92 Å². The molecule has 0 aliphatic heterocycles. The van der Waals surface area contributed by atoms with Gasteiger partial charge in [0.15, 0.2) is 0 Å². The summed E-state index contributed by atoms with van der Waals surface area (Å²) in [4.78, 5) is 14.2. The van der Waals surface area contributed by atoms with Crippen LogP contribution >= 0.6 is 11.3 Å². The maximum absolute atomic E-state index is 11.5. The minimum absolute atomic E-state index is 0.0943. The van der Waals surface area contributed by atoms with Crippen LogP contribution in [-0.2, 0) is 11.2 Å². The van der Waals surface area contributed by atoms with Gasteiger partial charge in [-0.15, -0.1) is 11.3 Å². The fourth-order valence-corrected chi connectivity index (χ4v) is 2.39. The molecule has 1 heterocycles. The molecular formula is C13H22N2OS. The van der Waals surface area contributed by atoms with Crippen molar-refractivity contribution in [1.29, 1.82) is 0 Å². The molecule has 0 saturated carbocycles. The highest BCUT2D eigenvalue weighted by Crippen LogP contribution is 2.17. The number of thiophene rings is 1. The third-order valence-electron chi connectivity index (χ3n) is 2.36. The minimum atomic E-state index is -0.333. The molecule has 0 saturated heterocycles. The molecule has 1 aromatic rings. The Morgan fingerprint density at radius 1 is 1.47 bits per heavy atom. The molecule has 3 N–H and O–H groups in total. The number of hydrogen-bond donors (Lipinski definition) is 2. The maximum atomic E-state index is 11.5. The van der Waals surface area contributed by atoms with E-state index in [-0.39, 0.29) is 11.4 Å². The first kappa shape index (κ1) is 14.2. The van der Waals surface area contributed by atoms with Crippen molar-refractivity contribution in [1.82, 2.24) is 5.32 Å². The van der Waals surface area contributed by atoms with Crippen LogP contribution in [0.3, 0.4) is 0 Å². The van der Waals surface area contributed by atoms with Crippen LogP contribution in [0.25, 0.3) is 0 Å². The minimum Gasteiger partial charge on any atom is -0.354 e. The summed E-state index contributed by atoms with van der Waals surface area (Å²) in [5, 5.41) is 2.85. The molecule has 4 heteroatoms. The topological polar surface area (TPSA) is 55.1 Å².